The molecule has 0 aromatic carbocycles. The molecule has 3 rings (SSSR count). The van der Waals surface area contributed by atoms with E-state index in [0.717, 1.165) is 35.1 Å². The minimum absolute atomic E-state index is 0.0230. The lowest BCUT2D eigenvalue weighted by Crippen LogP contribution is -2.37. The number of nitrogens with zero attached hydrogens (tertiary/aromatic N) is 5. The lowest BCUT2D eigenvalue weighted by atomic mass is 10.3. The number of ether oxygens (including phenoxy) is 1. The van der Waals surface area contributed by atoms with Gasteiger partial charge in [-0.15, -0.1) is 6.58 Å². The van der Waals surface area contributed by atoms with Gasteiger partial charge in [0.25, 0.3) is 0 Å². The van der Waals surface area contributed by atoms with Crippen molar-refractivity contribution in [3.8, 4) is 0 Å². The number of carbonyl (C=O) groups is 1. The fraction of sp³-hybridized carbons (Fsp3) is 0.529. The SMILES string of the molecule is C=CCCC(=O)NCCn1ncc2c(N3CCOCC3)nc(SC)nc21. The highest BCUT2D eigenvalue weighted by Gasteiger charge is 2.19. The minimum Gasteiger partial charge on any atom is -0.378 e. The zero-order valence-electron chi connectivity index (χ0n) is 15.0. The van der Waals surface area contributed by atoms with Crippen molar-refractivity contribution < 1.29 is 9.53 Å². The maximum Gasteiger partial charge on any atom is 0.220 e. The number of rotatable bonds is 8. The molecule has 1 N–H and O–H groups in total. The predicted molar refractivity (Wildman–Crippen MR) is 103 cm³/mol. The van der Waals surface area contributed by atoms with Crippen LogP contribution in [0.5, 0.6) is 0 Å². The van der Waals surface area contributed by atoms with Gasteiger partial charge in [0.05, 0.1) is 31.3 Å². The second kappa shape index (κ2) is 9.00. The summed E-state index contributed by atoms with van der Waals surface area (Å²) in [5.74, 6) is 0.929. The minimum atomic E-state index is 0.0230. The first-order chi connectivity index (χ1) is 12.7. The average molecular weight is 376 g/mol. The van der Waals surface area contributed by atoms with Gasteiger partial charge in [0.15, 0.2) is 10.8 Å². The first-order valence-corrected chi connectivity index (χ1v) is 9.93. The first kappa shape index (κ1) is 18.7. The second-order valence-corrected chi connectivity index (χ2v) is 6.69. The van der Waals surface area contributed by atoms with Gasteiger partial charge in [0.2, 0.25) is 5.91 Å². The van der Waals surface area contributed by atoms with Crippen LogP contribution in [-0.4, -0.2) is 64.8 Å². The van der Waals surface area contributed by atoms with Gasteiger partial charge in [-0.2, -0.15) is 5.10 Å². The molecule has 0 unspecified atom stereocenters. The highest BCUT2D eigenvalue weighted by atomic mass is 32.2. The van der Waals surface area contributed by atoms with Crippen molar-refractivity contribution in [1.29, 1.82) is 0 Å². The van der Waals surface area contributed by atoms with Crippen LogP contribution in [0, 0.1) is 0 Å². The van der Waals surface area contributed by atoms with E-state index in [1.165, 1.54) is 11.8 Å². The Bertz CT molecular complexity index is 772. The van der Waals surface area contributed by atoms with Crippen LogP contribution in [0.1, 0.15) is 12.8 Å². The van der Waals surface area contributed by atoms with Gasteiger partial charge in [0, 0.05) is 26.1 Å². The van der Waals surface area contributed by atoms with Gasteiger partial charge in [-0.3, -0.25) is 4.79 Å². The highest BCUT2D eigenvalue weighted by Crippen LogP contribution is 2.27. The van der Waals surface area contributed by atoms with Crippen molar-refractivity contribution in [3.63, 3.8) is 0 Å². The molecule has 1 aliphatic rings. The van der Waals surface area contributed by atoms with Crippen LogP contribution >= 0.6 is 11.8 Å². The van der Waals surface area contributed by atoms with Gasteiger partial charge in [-0.1, -0.05) is 17.8 Å². The molecule has 8 nitrogen and oxygen atoms in total. The van der Waals surface area contributed by atoms with Crippen LogP contribution in [0.25, 0.3) is 11.0 Å². The molecule has 0 aliphatic carbocycles. The molecule has 140 valence electrons. The van der Waals surface area contributed by atoms with Crippen LogP contribution in [0.4, 0.5) is 5.82 Å². The van der Waals surface area contributed by atoms with E-state index in [4.69, 9.17) is 4.74 Å². The summed E-state index contributed by atoms with van der Waals surface area (Å²) in [5.41, 5.74) is 0.797. The maximum atomic E-state index is 11.7. The van der Waals surface area contributed by atoms with Gasteiger partial charge < -0.3 is 15.0 Å². The van der Waals surface area contributed by atoms with Crippen molar-refractivity contribution in [1.82, 2.24) is 25.1 Å². The number of nitrogens with one attached hydrogen (secondary N) is 1. The first-order valence-electron chi connectivity index (χ1n) is 8.70. The van der Waals surface area contributed by atoms with Crippen molar-refractivity contribution >= 4 is 34.5 Å². The van der Waals surface area contributed by atoms with E-state index in [9.17, 15) is 4.79 Å². The molecule has 2 aromatic rings. The van der Waals surface area contributed by atoms with Gasteiger partial charge >= 0.3 is 0 Å². The topological polar surface area (TPSA) is 85.2 Å². The van der Waals surface area contributed by atoms with E-state index < -0.39 is 0 Å². The summed E-state index contributed by atoms with van der Waals surface area (Å²) in [6.07, 6.45) is 6.66. The van der Waals surface area contributed by atoms with Crippen LogP contribution in [0.15, 0.2) is 24.0 Å². The number of aromatic nitrogens is 4. The quantitative estimate of drug-likeness (QED) is 0.424. The lowest BCUT2D eigenvalue weighted by Gasteiger charge is -2.28. The molecule has 26 heavy (non-hydrogen) atoms. The number of allylic oxidation sites excluding steroid dienone is 1. The summed E-state index contributed by atoms with van der Waals surface area (Å²) in [4.78, 5) is 23.3. The number of amides is 1. The third kappa shape index (κ3) is 4.34. The largest absolute Gasteiger partial charge is 0.378 e. The Morgan fingerprint density at radius 3 is 2.96 bits per heavy atom. The summed E-state index contributed by atoms with van der Waals surface area (Å²) < 4.78 is 7.27. The molecule has 1 saturated heterocycles. The normalized spacial score (nSPS) is 14.6. The Morgan fingerprint density at radius 2 is 2.23 bits per heavy atom. The van der Waals surface area contributed by atoms with E-state index in [1.54, 1.807) is 6.08 Å². The Hall–Kier alpha value is -2.13. The van der Waals surface area contributed by atoms with Crippen molar-refractivity contribution in [3.05, 3.63) is 18.9 Å². The molecular weight excluding hydrogens is 352 g/mol. The zero-order chi connectivity index (χ0) is 18.4. The number of thioether (sulfide) groups is 1. The Labute approximate surface area is 157 Å². The van der Waals surface area contributed by atoms with Gasteiger partial charge in [0.1, 0.15) is 5.82 Å². The summed E-state index contributed by atoms with van der Waals surface area (Å²) in [7, 11) is 0. The van der Waals surface area contributed by atoms with Crippen LogP contribution in [0.2, 0.25) is 0 Å². The van der Waals surface area contributed by atoms with Crippen LogP contribution < -0.4 is 10.2 Å². The smallest absolute Gasteiger partial charge is 0.220 e. The van der Waals surface area contributed by atoms with Crippen LogP contribution in [0.3, 0.4) is 0 Å². The Morgan fingerprint density at radius 1 is 1.42 bits per heavy atom. The van der Waals surface area contributed by atoms with E-state index in [2.05, 4.69) is 31.9 Å². The van der Waals surface area contributed by atoms with E-state index >= 15 is 0 Å². The van der Waals surface area contributed by atoms with Crippen molar-refractivity contribution in [2.45, 2.75) is 24.5 Å². The maximum absolute atomic E-state index is 11.7. The third-order valence-corrected chi connectivity index (χ3v) is 4.72. The van der Waals surface area contributed by atoms with E-state index in [1.807, 2.05) is 17.1 Å². The number of anilines is 1. The predicted octanol–water partition coefficient (Wildman–Crippen LogP) is 1.47. The fourth-order valence-electron chi connectivity index (χ4n) is 2.81. The molecule has 0 saturated carbocycles. The van der Waals surface area contributed by atoms with Gasteiger partial charge in [-0.05, 0) is 12.7 Å². The summed E-state index contributed by atoms with van der Waals surface area (Å²) >= 11 is 1.51. The number of hydrogen-bond acceptors (Lipinski definition) is 7. The van der Waals surface area contributed by atoms with E-state index in [0.29, 0.717) is 39.1 Å². The molecule has 3 heterocycles. The lowest BCUT2D eigenvalue weighted by molar-refractivity contribution is -0.121. The number of carbonyl (C=O) groups excluding carboxylic acids is 1. The van der Waals surface area contributed by atoms with Crippen molar-refractivity contribution in [2.24, 2.45) is 0 Å². The molecule has 1 amide bonds. The van der Waals surface area contributed by atoms with Gasteiger partial charge in [-0.25, -0.2) is 14.6 Å². The fourth-order valence-corrected chi connectivity index (χ4v) is 3.17. The standard InChI is InChI=1S/C17H24N6O2S/c1-3-4-5-14(24)18-6-7-23-16-13(12-19-23)15(20-17(21-16)26-2)22-8-10-25-11-9-22/h3,12H,1,4-11H2,2H3,(H,18,24). The zero-order valence-corrected chi connectivity index (χ0v) is 15.8. The summed E-state index contributed by atoms with van der Waals surface area (Å²) in [6, 6.07) is 0. The molecule has 0 bridgehead atoms. The molecule has 0 spiro atoms. The van der Waals surface area contributed by atoms with Crippen molar-refractivity contribution in [2.75, 3.05) is 44.0 Å². The average Bonchev–Trinajstić information content (AvgIpc) is 3.09. The summed E-state index contributed by atoms with van der Waals surface area (Å²) in [5, 5.41) is 9.02. The number of morpholine rings is 1. The number of fused-ring (bicyclic) bond motifs is 1. The third-order valence-electron chi connectivity index (χ3n) is 4.17. The molecule has 1 fully saturated rings. The highest BCUT2D eigenvalue weighted by molar-refractivity contribution is 7.98. The Balaban J connectivity index is 1.77. The van der Waals surface area contributed by atoms with Crippen LogP contribution in [-0.2, 0) is 16.1 Å². The summed E-state index contributed by atoms with van der Waals surface area (Å²) in [6.45, 7) is 7.73. The molecule has 0 atom stereocenters. The molecule has 2 aromatic heterocycles. The van der Waals surface area contributed by atoms with E-state index in [-0.39, 0.29) is 5.91 Å². The molecule has 1 aliphatic heterocycles. The molecule has 9 heteroatoms. The number of hydrogen-bond donors (Lipinski definition) is 1. The second-order valence-electron chi connectivity index (χ2n) is 5.92. The molecular formula is C17H24N6O2S. The molecule has 0 radical (unpaired) electrons. The Kier molecular flexibility index (Phi) is 6.45. The monoisotopic (exact) mass is 376 g/mol.